The van der Waals surface area contributed by atoms with Gasteiger partial charge in [-0.05, 0) is 42.8 Å². The number of nitrogens with zero attached hydrogens (tertiary/aromatic N) is 1. The number of ether oxygens (including phenoxy) is 2. The second-order valence-electron chi connectivity index (χ2n) is 6.07. The number of carbonyl (C=O) groups excluding carboxylic acids is 3. The van der Waals surface area contributed by atoms with Crippen LogP contribution in [0.25, 0.3) is 0 Å². The fourth-order valence-electron chi connectivity index (χ4n) is 2.34. The molecule has 0 aliphatic heterocycles. The predicted molar refractivity (Wildman–Crippen MR) is 103 cm³/mol. The molecule has 0 unspecified atom stereocenters. The van der Waals surface area contributed by atoms with Gasteiger partial charge in [0, 0.05) is 13.3 Å². The van der Waals surface area contributed by atoms with E-state index in [4.69, 9.17) is 9.47 Å². The van der Waals surface area contributed by atoms with Crippen molar-refractivity contribution in [3.05, 3.63) is 69.3 Å². The summed E-state index contributed by atoms with van der Waals surface area (Å²) >= 11 is 0. The molecule has 2 aromatic carbocycles. The van der Waals surface area contributed by atoms with Gasteiger partial charge in [-0.15, -0.1) is 10.1 Å². The minimum atomic E-state index is -1.01. The molecule has 0 atom stereocenters. The third-order valence-electron chi connectivity index (χ3n) is 3.71. The molecule has 31 heavy (non-hydrogen) atoms. The van der Waals surface area contributed by atoms with Gasteiger partial charge in [-0.3, -0.25) is 4.79 Å². The average molecular weight is 433 g/mol. The number of hydrogen-bond acceptors (Lipinski definition) is 10. The van der Waals surface area contributed by atoms with Crippen LogP contribution >= 0.6 is 0 Å². The predicted octanol–water partition coefficient (Wildman–Crippen LogP) is 2.83. The van der Waals surface area contributed by atoms with E-state index in [0.717, 1.165) is 0 Å². The van der Waals surface area contributed by atoms with Gasteiger partial charge in [-0.1, -0.05) is 12.1 Å². The van der Waals surface area contributed by atoms with Crippen LogP contribution in [0.15, 0.2) is 42.5 Å². The maximum atomic E-state index is 12.2. The molecule has 0 fully saturated rings. The van der Waals surface area contributed by atoms with E-state index in [9.17, 15) is 24.5 Å². The van der Waals surface area contributed by atoms with Crippen molar-refractivity contribution in [3.63, 3.8) is 0 Å². The topological polar surface area (TPSA) is 141 Å². The molecule has 0 aliphatic rings. The van der Waals surface area contributed by atoms with Crippen LogP contribution in [0.2, 0.25) is 0 Å². The van der Waals surface area contributed by atoms with E-state index >= 15 is 0 Å². The van der Waals surface area contributed by atoms with Crippen molar-refractivity contribution in [1.29, 1.82) is 0 Å². The summed E-state index contributed by atoms with van der Waals surface area (Å²) in [5.41, 5.74) is 0.533. The molecule has 11 nitrogen and oxygen atoms in total. The number of benzene rings is 2. The normalized spacial score (nSPS) is 10.0. The molecule has 2 aromatic rings. The van der Waals surface area contributed by atoms with Crippen molar-refractivity contribution in [2.75, 3.05) is 13.2 Å². The molecule has 0 saturated carbocycles. The van der Waals surface area contributed by atoms with E-state index in [0.29, 0.717) is 17.7 Å². The molecule has 0 bridgehead atoms. The molecule has 164 valence electrons. The Balaban J connectivity index is 1.89. The van der Waals surface area contributed by atoms with Crippen molar-refractivity contribution in [2.45, 2.75) is 20.3 Å². The first-order valence-electron chi connectivity index (χ1n) is 8.99. The minimum Gasteiger partial charge on any atom is -0.494 e. The monoisotopic (exact) mass is 433 g/mol. The summed E-state index contributed by atoms with van der Waals surface area (Å²) < 4.78 is 10.4. The highest BCUT2D eigenvalue weighted by molar-refractivity contribution is 5.95. The van der Waals surface area contributed by atoms with Gasteiger partial charge < -0.3 is 14.3 Å². The third-order valence-corrected chi connectivity index (χ3v) is 3.71. The molecule has 0 spiro atoms. The van der Waals surface area contributed by atoms with Crippen molar-refractivity contribution in [2.24, 2.45) is 0 Å². The van der Waals surface area contributed by atoms with Crippen LogP contribution in [0.5, 0.6) is 11.5 Å². The van der Waals surface area contributed by atoms with E-state index in [-0.39, 0.29) is 30.1 Å². The van der Waals surface area contributed by atoms with Crippen molar-refractivity contribution < 1.29 is 43.6 Å². The van der Waals surface area contributed by atoms with Gasteiger partial charge in [0.25, 0.3) is 5.09 Å². The van der Waals surface area contributed by atoms with Crippen molar-refractivity contribution in [3.8, 4) is 11.5 Å². The first-order chi connectivity index (χ1) is 14.8. The SMILES string of the molecule is CC(=O)Oc1c(C)cccc1C(=O)OOC(=O)c1ccc(OCCCO[N+](=O)[O-])cc1. The highest BCUT2D eigenvalue weighted by Crippen LogP contribution is 2.24. The number of carbonyl (C=O) groups is 3. The van der Waals surface area contributed by atoms with E-state index in [1.165, 1.54) is 37.3 Å². The van der Waals surface area contributed by atoms with Crippen LogP contribution in [0.3, 0.4) is 0 Å². The number of para-hydroxylation sites is 1. The van der Waals surface area contributed by atoms with E-state index < -0.39 is 23.0 Å². The quantitative estimate of drug-likeness (QED) is 0.145. The van der Waals surface area contributed by atoms with Crippen LogP contribution in [-0.2, 0) is 19.4 Å². The summed E-state index contributed by atoms with van der Waals surface area (Å²) in [5, 5.41) is 9.15. The summed E-state index contributed by atoms with van der Waals surface area (Å²) in [6.07, 6.45) is 0.301. The van der Waals surface area contributed by atoms with Gasteiger partial charge in [0.15, 0.2) is 0 Å². The molecule has 0 N–H and O–H groups in total. The highest BCUT2D eigenvalue weighted by Gasteiger charge is 2.20. The molecule has 11 heteroatoms. The number of aryl methyl sites for hydroxylation is 1. The van der Waals surface area contributed by atoms with E-state index in [1.807, 2.05) is 0 Å². The Labute approximate surface area is 176 Å². The van der Waals surface area contributed by atoms with Gasteiger partial charge in [-0.25, -0.2) is 19.4 Å². The van der Waals surface area contributed by atoms with E-state index in [1.54, 1.807) is 19.1 Å². The maximum absolute atomic E-state index is 12.2. The largest absolute Gasteiger partial charge is 0.494 e. The molecular formula is C20H19NO10. The molecule has 0 heterocycles. The Hall–Kier alpha value is -4.15. The Bertz CT molecular complexity index is 955. The second-order valence-corrected chi connectivity index (χ2v) is 6.07. The van der Waals surface area contributed by atoms with Crippen LogP contribution in [0.4, 0.5) is 0 Å². The molecular weight excluding hydrogens is 414 g/mol. The fraction of sp³-hybridized carbons (Fsp3) is 0.250. The second kappa shape index (κ2) is 11.1. The van der Waals surface area contributed by atoms with Crippen LogP contribution < -0.4 is 9.47 Å². The van der Waals surface area contributed by atoms with E-state index in [2.05, 4.69) is 14.6 Å². The Kier molecular flexibility index (Phi) is 8.31. The van der Waals surface area contributed by atoms with Crippen LogP contribution in [0.1, 0.15) is 39.6 Å². The first kappa shape index (κ1) is 23.1. The Morgan fingerprint density at radius 3 is 2.29 bits per heavy atom. The number of hydrogen-bond donors (Lipinski definition) is 0. The summed E-state index contributed by atoms with van der Waals surface area (Å²) in [6.45, 7) is 2.91. The lowest BCUT2D eigenvalue weighted by atomic mass is 10.1. The van der Waals surface area contributed by atoms with Crippen molar-refractivity contribution >= 4 is 17.9 Å². The molecule has 0 aliphatic carbocycles. The lowest BCUT2D eigenvalue weighted by molar-refractivity contribution is -0.757. The van der Waals surface area contributed by atoms with Crippen LogP contribution in [-0.4, -0.2) is 36.2 Å². The standard InChI is InChI=1S/C20H19NO10/c1-13-5-3-6-17(18(13)29-14(2)22)20(24)31-30-19(23)15-7-9-16(10-8-15)27-11-4-12-28-21(25)26/h3,5-10H,4,11-12H2,1-2H3. The first-order valence-corrected chi connectivity index (χ1v) is 8.99. The fourth-order valence-corrected chi connectivity index (χ4v) is 2.34. The maximum Gasteiger partial charge on any atom is 0.390 e. The zero-order valence-corrected chi connectivity index (χ0v) is 16.7. The summed E-state index contributed by atoms with van der Waals surface area (Å²) in [6, 6.07) is 10.3. The molecule has 0 saturated heterocycles. The molecule has 0 radical (unpaired) electrons. The lowest BCUT2D eigenvalue weighted by Gasteiger charge is -2.10. The third kappa shape index (κ3) is 7.31. The Morgan fingerprint density at radius 1 is 0.968 bits per heavy atom. The number of rotatable bonds is 9. The zero-order chi connectivity index (χ0) is 22.8. The minimum absolute atomic E-state index is 0.0150. The summed E-state index contributed by atoms with van der Waals surface area (Å²) in [5.74, 6) is -2.12. The van der Waals surface area contributed by atoms with Gasteiger partial charge in [0.05, 0.1) is 18.8 Å². The smallest absolute Gasteiger partial charge is 0.390 e. The van der Waals surface area contributed by atoms with Gasteiger partial charge in [0.2, 0.25) is 0 Å². The molecule has 0 amide bonds. The summed E-state index contributed by atoms with van der Waals surface area (Å²) in [7, 11) is 0. The van der Waals surface area contributed by atoms with Gasteiger partial charge in [0.1, 0.15) is 17.1 Å². The lowest BCUT2D eigenvalue weighted by Crippen LogP contribution is -2.14. The van der Waals surface area contributed by atoms with Gasteiger partial charge in [-0.2, -0.15) is 0 Å². The Morgan fingerprint density at radius 2 is 1.65 bits per heavy atom. The average Bonchev–Trinajstić information content (AvgIpc) is 2.73. The van der Waals surface area contributed by atoms with Crippen LogP contribution in [0, 0.1) is 17.0 Å². The molecule has 2 rings (SSSR count). The highest BCUT2D eigenvalue weighted by atomic mass is 17.2. The summed E-state index contributed by atoms with van der Waals surface area (Å²) in [4.78, 5) is 58.9. The van der Waals surface area contributed by atoms with Crippen molar-refractivity contribution in [1.82, 2.24) is 0 Å². The number of esters is 1. The molecule has 0 aromatic heterocycles. The zero-order valence-electron chi connectivity index (χ0n) is 16.7. The van der Waals surface area contributed by atoms with Gasteiger partial charge >= 0.3 is 17.9 Å².